The zero-order chi connectivity index (χ0) is 24.9. The summed E-state index contributed by atoms with van der Waals surface area (Å²) in [6.07, 6.45) is 0.654. The Morgan fingerprint density at radius 3 is 2.43 bits per heavy atom. The Balaban J connectivity index is 1.71. The summed E-state index contributed by atoms with van der Waals surface area (Å²) in [4.78, 5) is 30.1. The smallest absolute Gasteiger partial charge is 0.295 e. The topological polar surface area (TPSA) is 109 Å². The molecule has 35 heavy (non-hydrogen) atoms. The number of phenolic OH excluding ortho intramolecular Hbond substituents is 1. The van der Waals surface area contributed by atoms with Crippen molar-refractivity contribution in [3.05, 3.63) is 59.2 Å². The van der Waals surface area contributed by atoms with Gasteiger partial charge in [0.1, 0.15) is 23.0 Å². The van der Waals surface area contributed by atoms with Crippen LogP contribution >= 0.6 is 0 Å². The van der Waals surface area contributed by atoms with Crippen LogP contribution in [0, 0.1) is 0 Å². The van der Waals surface area contributed by atoms with Crippen molar-refractivity contribution in [2.45, 2.75) is 12.5 Å². The largest absolute Gasteiger partial charge is 0.507 e. The first-order valence-electron chi connectivity index (χ1n) is 11.5. The van der Waals surface area contributed by atoms with Gasteiger partial charge in [-0.15, -0.1) is 0 Å². The number of rotatable bonds is 8. The second-order valence-electron chi connectivity index (χ2n) is 8.46. The number of likely N-dealkylation sites (tertiary alicyclic amines) is 1. The van der Waals surface area contributed by atoms with Gasteiger partial charge in [-0.1, -0.05) is 12.1 Å². The normalized spacial score (nSPS) is 20.3. The monoisotopic (exact) mass is 482 g/mol. The van der Waals surface area contributed by atoms with Crippen molar-refractivity contribution in [2.75, 3.05) is 53.6 Å². The summed E-state index contributed by atoms with van der Waals surface area (Å²) in [5.74, 6) is -1.22. The van der Waals surface area contributed by atoms with Crippen LogP contribution in [0.2, 0.25) is 0 Å². The van der Waals surface area contributed by atoms with Crippen LogP contribution in [0.1, 0.15) is 23.6 Å². The van der Waals surface area contributed by atoms with Gasteiger partial charge in [0.2, 0.25) is 0 Å². The van der Waals surface area contributed by atoms with E-state index in [0.717, 1.165) is 19.6 Å². The first-order valence-corrected chi connectivity index (χ1v) is 11.5. The highest BCUT2D eigenvalue weighted by atomic mass is 16.5. The van der Waals surface area contributed by atoms with Crippen molar-refractivity contribution >= 4 is 17.4 Å². The molecule has 0 saturated carbocycles. The van der Waals surface area contributed by atoms with Gasteiger partial charge in [-0.3, -0.25) is 14.5 Å². The number of benzene rings is 2. The van der Waals surface area contributed by atoms with Crippen LogP contribution in [0.4, 0.5) is 0 Å². The highest BCUT2D eigenvalue weighted by molar-refractivity contribution is 6.46. The number of carbonyl (C=O) groups excluding carboxylic acids is 2. The summed E-state index contributed by atoms with van der Waals surface area (Å²) in [6, 6.07) is 10.6. The predicted octanol–water partition coefficient (Wildman–Crippen LogP) is 2.55. The number of Topliss-reactive ketones (excluding diaryl/α,β-unsaturated/α-hetero) is 1. The van der Waals surface area contributed by atoms with Crippen LogP contribution in [-0.2, 0) is 14.3 Å². The second kappa shape index (κ2) is 10.8. The predicted molar refractivity (Wildman–Crippen MR) is 129 cm³/mol. The number of carbonyl (C=O) groups is 2. The van der Waals surface area contributed by atoms with Gasteiger partial charge in [-0.2, -0.15) is 0 Å². The third-order valence-electron chi connectivity index (χ3n) is 6.39. The van der Waals surface area contributed by atoms with Gasteiger partial charge in [0, 0.05) is 32.2 Å². The molecule has 9 heteroatoms. The lowest BCUT2D eigenvalue weighted by molar-refractivity contribution is -0.140. The fourth-order valence-electron chi connectivity index (χ4n) is 4.54. The van der Waals surface area contributed by atoms with E-state index >= 15 is 0 Å². The molecule has 2 heterocycles. The molecular formula is C26H30N2O7. The molecule has 2 saturated heterocycles. The fourth-order valence-corrected chi connectivity index (χ4v) is 4.54. The minimum absolute atomic E-state index is 0.0463. The molecule has 0 bridgehead atoms. The van der Waals surface area contributed by atoms with E-state index in [1.165, 1.54) is 31.3 Å². The van der Waals surface area contributed by atoms with Gasteiger partial charge in [0.25, 0.3) is 11.7 Å². The second-order valence-corrected chi connectivity index (χ2v) is 8.46. The van der Waals surface area contributed by atoms with E-state index < -0.39 is 23.5 Å². The van der Waals surface area contributed by atoms with Gasteiger partial charge in [-0.25, -0.2) is 0 Å². The van der Waals surface area contributed by atoms with Gasteiger partial charge in [0.15, 0.2) is 0 Å². The molecule has 2 N–H and O–H groups in total. The molecule has 2 aromatic carbocycles. The Labute approximate surface area is 204 Å². The number of phenols is 1. The SMILES string of the molecule is COc1cccc([C@@H]2C(=C(O)c3ccc(OC)cc3O)C(=O)C(=O)N2CCCN2CCOCC2)c1. The number of morpholine rings is 1. The highest BCUT2D eigenvalue weighted by Gasteiger charge is 2.46. The Morgan fingerprint density at radius 2 is 1.74 bits per heavy atom. The maximum absolute atomic E-state index is 13.2. The molecule has 9 nitrogen and oxygen atoms in total. The third kappa shape index (κ3) is 5.11. The number of hydrogen-bond acceptors (Lipinski definition) is 8. The van der Waals surface area contributed by atoms with Crippen molar-refractivity contribution in [1.82, 2.24) is 9.80 Å². The lowest BCUT2D eigenvalue weighted by atomic mass is 9.94. The molecule has 0 aliphatic carbocycles. The molecular weight excluding hydrogens is 452 g/mol. The van der Waals surface area contributed by atoms with Gasteiger partial charge in [-0.05, 0) is 36.2 Å². The number of hydrogen-bond donors (Lipinski definition) is 2. The van der Waals surface area contributed by atoms with Crippen molar-refractivity contribution in [3.8, 4) is 17.2 Å². The van der Waals surface area contributed by atoms with E-state index in [1.54, 1.807) is 30.3 Å². The number of ketones is 1. The van der Waals surface area contributed by atoms with E-state index in [0.29, 0.717) is 43.2 Å². The number of ether oxygens (including phenoxy) is 3. The molecule has 2 aliphatic rings. The number of aliphatic hydroxyl groups is 1. The molecule has 0 radical (unpaired) electrons. The first-order chi connectivity index (χ1) is 16.9. The van der Waals surface area contributed by atoms with Crippen LogP contribution in [0.15, 0.2) is 48.0 Å². The van der Waals surface area contributed by atoms with E-state index in [2.05, 4.69) is 4.90 Å². The highest BCUT2D eigenvalue weighted by Crippen LogP contribution is 2.42. The molecule has 186 valence electrons. The van der Waals surface area contributed by atoms with E-state index in [4.69, 9.17) is 14.2 Å². The molecule has 0 spiro atoms. The summed E-state index contributed by atoms with van der Waals surface area (Å²) in [5.41, 5.74) is 0.601. The maximum Gasteiger partial charge on any atom is 0.295 e. The average molecular weight is 483 g/mol. The van der Waals surface area contributed by atoms with Crippen LogP contribution in [-0.4, -0.2) is 85.3 Å². The Morgan fingerprint density at radius 1 is 1.03 bits per heavy atom. The molecule has 2 fully saturated rings. The lowest BCUT2D eigenvalue weighted by Gasteiger charge is -2.29. The van der Waals surface area contributed by atoms with Crippen molar-refractivity contribution in [1.29, 1.82) is 0 Å². The van der Waals surface area contributed by atoms with Crippen LogP contribution in [0.3, 0.4) is 0 Å². The lowest BCUT2D eigenvalue weighted by Crippen LogP contribution is -2.38. The molecule has 2 aliphatic heterocycles. The Bertz CT molecular complexity index is 1120. The van der Waals surface area contributed by atoms with Crippen LogP contribution in [0.25, 0.3) is 5.76 Å². The molecule has 0 unspecified atom stereocenters. The van der Waals surface area contributed by atoms with Crippen molar-refractivity contribution < 1.29 is 34.0 Å². The molecule has 0 aromatic heterocycles. The summed E-state index contributed by atoms with van der Waals surface area (Å²) in [5, 5.41) is 21.7. The van der Waals surface area contributed by atoms with Gasteiger partial charge >= 0.3 is 0 Å². The number of methoxy groups -OCH3 is 2. The molecule has 2 aromatic rings. The first kappa shape index (κ1) is 24.6. The number of amides is 1. The fraction of sp³-hybridized carbons (Fsp3) is 0.385. The summed E-state index contributed by atoms with van der Waals surface area (Å²) >= 11 is 0. The van der Waals surface area contributed by atoms with Gasteiger partial charge in [0.05, 0.1) is 44.6 Å². The van der Waals surface area contributed by atoms with Gasteiger partial charge < -0.3 is 29.3 Å². The number of aromatic hydroxyl groups is 1. The number of aliphatic hydroxyl groups excluding tert-OH is 1. The average Bonchev–Trinajstić information content (AvgIpc) is 3.14. The summed E-state index contributed by atoms with van der Waals surface area (Å²) in [6.45, 7) is 4.11. The third-order valence-corrected chi connectivity index (χ3v) is 6.39. The standard InChI is InChI=1S/C26H30N2O7/c1-33-18-6-3-5-17(15-18)23-22(24(30)20-8-7-19(34-2)16-21(20)29)25(31)26(32)28(23)10-4-9-27-11-13-35-14-12-27/h3,5-8,15-16,23,29-30H,4,9-14H2,1-2H3/t23-/m1/s1. The molecule has 1 atom stereocenters. The molecule has 1 amide bonds. The maximum atomic E-state index is 13.2. The zero-order valence-electron chi connectivity index (χ0n) is 19.9. The molecule has 4 rings (SSSR count). The zero-order valence-corrected chi connectivity index (χ0v) is 19.9. The number of nitrogens with zero attached hydrogens (tertiary/aromatic N) is 2. The van der Waals surface area contributed by atoms with Crippen LogP contribution < -0.4 is 9.47 Å². The summed E-state index contributed by atoms with van der Waals surface area (Å²) in [7, 11) is 2.99. The minimum atomic E-state index is -0.823. The Hall–Kier alpha value is -3.56. The van der Waals surface area contributed by atoms with E-state index in [-0.39, 0.29) is 16.9 Å². The van der Waals surface area contributed by atoms with Crippen molar-refractivity contribution in [2.24, 2.45) is 0 Å². The van der Waals surface area contributed by atoms with Crippen molar-refractivity contribution in [3.63, 3.8) is 0 Å². The Kier molecular flexibility index (Phi) is 7.57. The quantitative estimate of drug-likeness (QED) is 0.336. The van der Waals surface area contributed by atoms with E-state index in [9.17, 15) is 19.8 Å². The van der Waals surface area contributed by atoms with E-state index in [1.807, 2.05) is 0 Å². The minimum Gasteiger partial charge on any atom is -0.507 e. The summed E-state index contributed by atoms with van der Waals surface area (Å²) < 4.78 is 15.8. The van der Waals surface area contributed by atoms with Crippen LogP contribution in [0.5, 0.6) is 17.2 Å².